The summed E-state index contributed by atoms with van der Waals surface area (Å²) >= 11 is 0. The molecule has 0 aliphatic rings. The average Bonchev–Trinajstić information content (AvgIpc) is 2.26. The topological polar surface area (TPSA) is 110 Å². The fraction of sp³-hybridized carbons (Fsp3) is 0.778. The lowest BCUT2D eigenvalue weighted by atomic mass is 10.0. The van der Waals surface area contributed by atoms with Gasteiger partial charge in [0.05, 0.1) is 26.4 Å². The lowest BCUT2D eigenvalue weighted by Crippen LogP contribution is -2.58. The van der Waals surface area contributed by atoms with Crippen LogP contribution in [0.5, 0.6) is 0 Å². The summed E-state index contributed by atoms with van der Waals surface area (Å²) in [5, 5.41) is 29.1. The smallest absolute Gasteiger partial charge is 0.240 e. The second-order valence-corrected chi connectivity index (χ2v) is 3.68. The number of aliphatic hydroxyl groups excluding tert-OH is 3. The van der Waals surface area contributed by atoms with Gasteiger partial charge in [0.2, 0.25) is 11.8 Å². The molecule has 0 aromatic carbocycles. The number of aliphatic hydroxyl groups is 3. The molecule has 0 heterocycles. The van der Waals surface area contributed by atoms with Crippen molar-refractivity contribution in [2.24, 2.45) is 0 Å². The molecule has 4 N–H and O–H groups in total. The highest BCUT2D eigenvalue weighted by Crippen LogP contribution is 2.01. The zero-order chi connectivity index (χ0) is 12.8. The van der Waals surface area contributed by atoms with Crippen molar-refractivity contribution in [2.75, 3.05) is 33.4 Å². The Morgan fingerprint density at radius 3 is 1.94 bits per heavy atom. The monoisotopic (exact) mass is 234 g/mol. The first-order valence-corrected chi connectivity index (χ1v) is 4.76. The number of carbonyl (C=O) groups is 2. The van der Waals surface area contributed by atoms with Crippen LogP contribution in [-0.4, -0.2) is 71.0 Å². The fourth-order valence-electron chi connectivity index (χ4n) is 0.931. The molecule has 0 fully saturated rings. The van der Waals surface area contributed by atoms with Gasteiger partial charge in [-0.3, -0.25) is 9.59 Å². The Hall–Kier alpha value is -1.18. The van der Waals surface area contributed by atoms with Gasteiger partial charge < -0.3 is 25.5 Å². The number of nitrogens with zero attached hydrogens (tertiary/aromatic N) is 1. The molecule has 0 aromatic heterocycles. The third-order valence-electron chi connectivity index (χ3n) is 2.23. The van der Waals surface area contributed by atoms with Crippen LogP contribution in [-0.2, 0) is 9.59 Å². The molecule has 0 unspecified atom stereocenters. The van der Waals surface area contributed by atoms with E-state index in [0.717, 1.165) is 0 Å². The summed E-state index contributed by atoms with van der Waals surface area (Å²) in [6.07, 6.45) is 0. The maximum Gasteiger partial charge on any atom is 0.240 e. The molecule has 0 radical (unpaired) electrons. The minimum absolute atomic E-state index is 0.197. The molecule has 0 saturated carbocycles. The maximum atomic E-state index is 11.4. The number of amides is 2. The van der Waals surface area contributed by atoms with Gasteiger partial charge >= 0.3 is 0 Å². The number of hydrogen-bond acceptors (Lipinski definition) is 5. The Kier molecular flexibility index (Phi) is 5.94. The Balaban J connectivity index is 4.36. The van der Waals surface area contributed by atoms with Crippen LogP contribution >= 0.6 is 0 Å². The first-order chi connectivity index (χ1) is 7.40. The molecular formula is C9H18N2O5. The maximum absolute atomic E-state index is 11.4. The second kappa shape index (κ2) is 6.41. The number of hydrogen-bond donors (Lipinski definition) is 4. The molecule has 7 heteroatoms. The summed E-state index contributed by atoms with van der Waals surface area (Å²) in [6, 6.07) is 0. The molecule has 0 aliphatic carbocycles. The highest BCUT2D eigenvalue weighted by Gasteiger charge is 2.30. The number of rotatable bonds is 6. The zero-order valence-electron chi connectivity index (χ0n) is 9.43. The molecular weight excluding hydrogens is 216 g/mol. The molecule has 0 aromatic rings. The number of carbonyl (C=O) groups excluding carboxylic acids is 2. The molecule has 0 spiro atoms. The summed E-state index contributed by atoms with van der Waals surface area (Å²) < 4.78 is 0. The van der Waals surface area contributed by atoms with Gasteiger partial charge in [0.1, 0.15) is 5.54 Å². The Bertz CT molecular complexity index is 244. The van der Waals surface area contributed by atoms with E-state index in [1.807, 2.05) is 0 Å². The van der Waals surface area contributed by atoms with Crippen molar-refractivity contribution in [1.29, 1.82) is 0 Å². The third-order valence-corrected chi connectivity index (χ3v) is 2.23. The first kappa shape index (κ1) is 14.8. The van der Waals surface area contributed by atoms with Gasteiger partial charge in [0.15, 0.2) is 0 Å². The summed E-state index contributed by atoms with van der Waals surface area (Å²) in [6.45, 7) is -0.650. The van der Waals surface area contributed by atoms with Crippen LogP contribution in [0.25, 0.3) is 0 Å². The zero-order valence-corrected chi connectivity index (χ0v) is 9.43. The summed E-state index contributed by atoms with van der Waals surface area (Å²) in [5.41, 5.74) is -1.45. The molecule has 2 amide bonds. The Morgan fingerprint density at radius 2 is 1.62 bits per heavy atom. The lowest BCUT2D eigenvalue weighted by Gasteiger charge is -2.29. The van der Waals surface area contributed by atoms with Crippen LogP contribution in [0.4, 0.5) is 0 Å². The molecule has 7 nitrogen and oxygen atoms in total. The predicted octanol–water partition coefficient (Wildman–Crippen LogP) is -2.70. The van der Waals surface area contributed by atoms with Crippen LogP contribution < -0.4 is 5.32 Å². The quantitative estimate of drug-likeness (QED) is 0.399. The van der Waals surface area contributed by atoms with Gasteiger partial charge in [0.25, 0.3) is 0 Å². The van der Waals surface area contributed by atoms with Gasteiger partial charge in [-0.05, 0) is 0 Å². The van der Waals surface area contributed by atoms with Crippen LogP contribution in [0, 0.1) is 0 Å². The van der Waals surface area contributed by atoms with Gasteiger partial charge in [-0.15, -0.1) is 0 Å². The van der Waals surface area contributed by atoms with E-state index in [4.69, 9.17) is 15.3 Å². The molecule has 0 bridgehead atoms. The highest BCUT2D eigenvalue weighted by molar-refractivity contribution is 5.84. The molecule has 0 saturated heterocycles. The first-order valence-electron chi connectivity index (χ1n) is 4.76. The molecule has 0 aliphatic heterocycles. The van der Waals surface area contributed by atoms with E-state index < -0.39 is 31.3 Å². The molecule has 0 atom stereocenters. The lowest BCUT2D eigenvalue weighted by molar-refractivity contribution is -0.134. The minimum atomic E-state index is -1.45. The van der Waals surface area contributed by atoms with Crippen molar-refractivity contribution in [3.8, 4) is 0 Å². The van der Waals surface area contributed by atoms with Crippen molar-refractivity contribution < 1.29 is 24.9 Å². The summed E-state index contributed by atoms with van der Waals surface area (Å²) in [5.74, 6) is -0.840. The van der Waals surface area contributed by atoms with Crippen molar-refractivity contribution in [3.05, 3.63) is 0 Å². The fourth-order valence-corrected chi connectivity index (χ4v) is 0.931. The van der Waals surface area contributed by atoms with Crippen molar-refractivity contribution >= 4 is 11.8 Å². The van der Waals surface area contributed by atoms with Crippen molar-refractivity contribution in [1.82, 2.24) is 10.2 Å². The Morgan fingerprint density at radius 1 is 1.19 bits per heavy atom. The van der Waals surface area contributed by atoms with Crippen LogP contribution in [0.3, 0.4) is 0 Å². The van der Waals surface area contributed by atoms with E-state index in [1.54, 1.807) is 0 Å². The largest absolute Gasteiger partial charge is 0.394 e. The third kappa shape index (κ3) is 4.13. The predicted molar refractivity (Wildman–Crippen MR) is 55.4 cm³/mol. The van der Waals surface area contributed by atoms with Gasteiger partial charge in [-0.1, -0.05) is 0 Å². The average molecular weight is 234 g/mol. The van der Waals surface area contributed by atoms with Crippen LogP contribution in [0.1, 0.15) is 6.92 Å². The molecule has 94 valence electrons. The van der Waals surface area contributed by atoms with E-state index >= 15 is 0 Å². The van der Waals surface area contributed by atoms with E-state index in [9.17, 15) is 9.59 Å². The van der Waals surface area contributed by atoms with Gasteiger partial charge in [-0.2, -0.15) is 0 Å². The second-order valence-electron chi connectivity index (χ2n) is 3.68. The van der Waals surface area contributed by atoms with E-state index in [1.165, 1.54) is 18.9 Å². The van der Waals surface area contributed by atoms with E-state index in [0.29, 0.717) is 0 Å². The van der Waals surface area contributed by atoms with Gasteiger partial charge in [0, 0.05) is 14.0 Å². The van der Waals surface area contributed by atoms with Crippen molar-refractivity contribution in [2.45, 2.75) is 12.5 Å². The van der Waals surface area contributed by atoms with E-state index in [-0.39, 0.29) is 12.5 Å². The normalized spacial score (nSPS) is 11.1. The van der Waals surface area contributed by atoms with Gasteiger partial charge in [-0.25, -0.2) is 0 Å². The van der Waals surface area contributed by atoms with Crippen LogP contribution in [0.15, 0.2) is 0 Å². The minimum Gasteiger partial charge on any atom is -0.394 e. The number of nitrogens with one attached hydrogen (secondary N) is 1. The Labute approximate surface area is 93.7 Å². The summed E-state index contributed by atoms with van der Waals surface area (Å²) in [7, 11) is 1.44. The highest BCUT2D eigenvalue weighted by atomic mass is 16.3. The van der Waals surface area contributed by atoms with Crippen LogP contribution in [0.2, 0.25) is 0 Å². The van der Waals surface area contributed by atoms with E-state index in [2.05, 4.69) is 5.32 Å². The van der Waals surface area contributed by atoms with Crippen molar-refractivity contribution in [3.63, 3.8) is 0 Å². The SMILES string of the molecule is CC(=O)N(C)CC(=O)NC(CO)(CO)CO. The number of likely N-dealkylation sites (N-methyl/N-ethyl adjacent to an activating group) is 1. The molecule has 0 rings (SSSR count). The standard InChI is InChI=1S/C9H18N2O5/c1-7(15)11(2)3-8(16)10-9(4-12,5-13)6-14/h12-14H,3-6H2,1-2H3,(H,10,16). The molecule has 16 heavy (non-hydrogen) atoms. The summed E-state index contributed by atoms with van der Waals surface area (Å²) in [4.78, 5) is 23.4.